The van der Waals surface area contributed by atoms with Crippen molar-refractivity contribution in [2.45, 2.75) is 44.3 Å². The summed E-state index contributed by atoms with van der Waals surface area (Å²) in [6.45, 7) is 0. The average molecular weight is 365 g/mol. The van der Waals surface area contributed by atoms with E-state index in [-0.39, 0.29) is 24.8 Å². The minimum atomic E-state index is -4.09. The van der Waals surface area contributed by atoms with Gasteiger partial charge in [0.25, 0.3) is 0 Å². The smallest absolute Gasteiger partial charge is 0.271 e. The van der Waals surface area contributed by atoms with Gasteiger partial charge in [-0.25, -0.2) is 0 Å². The van der Waals surface area contributed by atoms with E-state index in [1.165, 1.54) is 0 Å². The van der Waals surface area contributed by atoms with Gasteiger partial charge in [0.05, 0.1) is 5.92 Å². The number of hydrazine groups is 1. The molecule has 3 unspecified atom stereocenters. The Labute approximate surface area is 131 Å². The Hall–Kier alpha value is -0.590. The van der Waals surface area contributed by atoms with Gasteiger partial charge in [0.1, 0.15) is 0 Å². The molecule has 0 radical (unpaired) electrons. The van der Waals surface area contributed by atoms with Crippen molar-refractivity contribution in [3.05, 3.63) is 34.3 Å². The molecule has 0 heterocycles. The first-order valence-corrected chi connectivity index (χ1v) is 7.96. The highest BCUT2D eigenvalue weighted by Gasteiger charge is 2.43. The van der Waals surface area contributed by atoms with Crippen LogP contribution in [0.1, 0.15) is 31.2 Å². The van der Waals surface area contributed by atoms with Crippen LogP contribution in [0.2, 0.25) is 0 Å². The molecule has 0 aromatic heterocycles. The first-order valence-electron chi connectivity index (χ1n) is 7.17. The van der Waals surface area contributed by atoms with Gasteiger partial charge in [0.15, 0.2) is 0 Å². The topological polar surface area (TPSA) is 38.0 Å². The molecule has 0 spiro atoms. The summed E-state index contributed by atoms with van der Waals surface area (Å²) in [6.07, 6.45) is -1.59. The van der Waals surface area contributed by atoms with E-state index in [1.807, 2.05) is 24.3 Å². The lowest BCUT2D eigenvalue weighted by Crippen LogP contribution is -2.45. The van der Waals surface area contributed by atoms with Crippen LogP contribution < -0.4 is 11.3 Å². The van der Waals surface area contributed by atoms with Crippen LogP contribution in [0.25, 0.3) is 0 Å². The summed E-state index contributed by atoms with van der Waals surface area (Å²) < 4.78 is 39.7. The predicted molar refractivity (Wildman–Crippen MR) is 80.5 cm³/mol. The van der Waals surface area contributed by atoms with E-state index in [2.05, 4.69) is 21.4 Å². The van der Waals surface area contributed by atoms with Crippen molar-refractivity contribution in [3.63, 3.8) is 0 Å². The zero-order valence-electron chi connectivity index (χ0n) is 11.7. The molecule has 1 fully saturated rings. The minimum Gasteiger partial charge on any atom is -0.271 e. The second-order valence-corrected chi connectivity index (χ2v) is 6.68. The first kappa shape index (κ1) is 16.8. The van der Waals surface area contributed by atoms with E-state index in [0.29, 0.717) is 12.8 Å². The number of alkyl halides is 3. The molecule has 1 aromatic carbocycles. The molecule has 1 aliphatic carbocycles. The highest BCUT2D eigenvalue weighted by atomic mass is 79.9. The van der Waals surface area contributed by atoms with E-state index >= 15 is 0 Å². The summed E-state index contributed by atoms with van der Waals surface area (Å²) in [5.41, 5.74) is 3.81. The highest BCUT2D eigenvalue weighted by Crippen LogP contribution is 2.41. The predicted octanol–water partition coefficient (Wildman–Crippen LogP) is 4.19. The molecule has 21 heavy (non-hydrogen) atoms. The Morgan fingerprint density at radius 1 is 1.24 bits per heavy atom. The van der Waals surface area contributed by atoms with E-state index in [4.69, 9.17) is 5.84 Å². The van der Waals surface area contributed by atoms with Crippen molar-refractivity contribution in [2.24, 2.45) is 17.7 Å². The van der Waals surface area contributed by atoms with Crippen molar-refractivity contribution >= 4 is 15.9 Å². The van der Waals surface area contributed by atoms with E-state index in [1.54, 1.807) is 0 Å². The number of halogens is 4. The number of nitrogens with two attached hydrogens (primary N) is 1. The summed E-state index contributed by atoms with van der Waals surface area (Å²) in [5, 5.41) is 0. The third-order valence-corrected chi connectivity index (χ3v) is 4.86. The van der Waals surface area contributed by atoms with Crippen molar-refractivity contribution in [1.29, 1.82) is 0 Å². The van der Waals surface area contributed by atoms with Crippen molar-refractivity contribution < 1.29 is 13.2 Å². The largest absolute Gasteiger partial charge is 0.391 e. The normalized spacial score (nSPS) is 24.8. The van der Waals surface area contributed by atoms with Gasteiger partial charge < -0.3 is 0 Å². The number of nitrogens with one attached hydrogen (secondary N) is 1. The Kier molecular flexibility index (Phi) is 5.68. The molecular formula is C15H20BrF3N2. The quantitative estimate of drug-likeness (QED) is 0.620. The highest BCUT2D eigenvalue weighted by molar-refractivity contribution is 9.10. The summed E-state index contributed by atoms with van der Waals surface area (Å²) in [4.78, 5) is 0. The van der Waals surface area contributed by atoms with Gasteiger partial charge in [-0.1, -0.05) is 34.5 Å². The number of hydrogen-bond donors (Lipinski definition) is 2. The van der Waals surface area contributed by atoms with E-state index in [9.17, 15) is 13.2 Å². The Morgan fingerprint density at radius 2 is 1.90 bits per heavy atom. The average Bonchev–Trinajstić information content (AvgIpc) is 2.46. The molecular weight excluding hydrogens is 345 g/mol. The van der Waals surface area contributed by atoms with Crippen molar-refractivity contribution in [1.82, 2.24) is 5.43 Å². The first-order chi connectivity index (χ1) is 9.90. The van der Waals surface area contributed by atoms with Gasteiger partial charge in [0, 0.05) is 10.5 Å². The maximum atomic E-state index is 12.9. The molecule has 0 amide bonds. The van der Waals surface area contributed by atoms with Crippen LogP contribution in [0, 0.1) is 11.8 Å². The molecule has 0 bridgehead atoms. The maximum absolute atomic E-state index is 12.9. The summed E-state index contributed by atoms with van der Waals surface area (Å²) in [5.74, 6) is 4.38. The monoisotopic (exact) mass is 364 g/mol. The molecule has 118 valence electrons. The van der Waals surface area contributed by atoms with Gasteiger partial charge in [-0.05, 0) is 49.3 Å². The van der Waals surface area contributed by atoms with Gasteiger partial charge >= 0.3 is 6.18 Å². The molecule has 1 aromatic rings. The standard InChI is InChI=1S/C15H20BrF3N2/c16-13-6-4-10(5-7-13)8-14(21-20)11-2-1-3-12(9-11)15(17,18)19/h4-7,11-12,14,21H,1-3,8-9,20H2. The molecule has 3 N–H and O–H groups in total. The maximum Gasteiger partial charge on any atom is 0.391 e. The summed E-state index contributed by atoms with van der Waals surface area (Å²) >= 11 is 3.37. The third kappa shape index (κ3) is 4.69. The van der Waals surface area contributed by atoms with Crippen LogP contribution >= 0.6 is 15.9 Å². The van der Waals surface area contributed by atoms with Crippen LogP contribution in [0.3, 0.4) is 0 Å². The van der Waals surface area contributed by atoms with Crippen LogP contribution in [-0.4, -0.2) is 12.2 Å². The second-order valence-electron chi connectivity index (χ2n) is 5.77. The van der Waals surface area contributed by atoms with Crippen LogP contribution in [0.15, 0.2) is 28.7 Å². The SMILES string of the molecule is NNC(Cc1ccc(Br)cc1)C1CCCC(C(F)(F)F)C1. The molecule has 3 atom stereocenters. The van der Waals surface area contributed by atoms with Gasteiger partial charge in [-0.2, -0.15) is 13.2 Å². The lowest BCUT2D eigenvalue weighted by Gasteiger charge is -2.35. The van der Waals surface area contributed by atoms with E-state index < -0.39 is 12.1 Å². The van der Waals surface area contributed by atoms with Crippen LogP contribution in [0.4, 0.5) is 13.2 Å². The van der Waals surface area contributed by atoms with Gasteiger partial charge in [-0.15, -0.1) is 0 Å². The molecule has 6 heteroatoms. The Balaban J connectivity index is 2.01. The molecule has 0 aliphatic heterocycles. The Morgan fingerprint density at radius 3 is 2.48 bits per heavy atom. The van der Waals surface area contributed by atoms with Crippen molar-refractivity contribution in [3.8, 4) is 0 Å². The molecule has 2 rings (SSSR count). The zero-order valence-corrected chi connectivity index (χ0v) is 13.3. The fourth-order valence-corrected chi connectivity index (χ4v) is 3.39. The van der Waals surface area contributed by atoms with Gasteiger partial charge in [-0.3, -0.25) is 11.3 Å². The zero-order chi connectivity index (χ0) is 15.5. The van der Waals surface area contributed by atoms with Crippen LogP contribution in [0.5, 0.6) is 0 Å². The lowest BCUT2D eigenvalue weighted by atomic mass is 9.76. The van der Waals surface area contributed by atoms with Gasteiger partial charge in [0.2, 0.25) is 0 Å². The van der Waals surface area contributed by atoms with Crippen molar-refractivity contribution in [2.75, 3.05) is 0 Å². The van der Waals surface area contributed by atoms with E-state index in [0.717, 1.165) is 16.5 Å². The second kappa shape index (κ2) is 7.11. The molecule has 1 saturated carbocycles. The fraction of sp³-hybridized carbons (Fsp3) is 0.600. The number of benzene rings is 1. The van der Waals surface area contributed by atoms with Crippen LogP contribution in [-0.2, 0) is 6.42 Å². The molecule has 1 aliphatic rings. The summed E-state index contributed by atoms with van der Waals surface area (Å²) in [7, 11) is 0. The molecule has 0 saturated heterocycles. The molecule has 2 nitrogen and oxygen atoms in total. The Bertz CT molecular complexity index is 447. The minimum absolute atomic E-state index is 0.0287. The summed E-state index contributed by atoms with van der Waals surface area (Å²) in [6, 6.07) is 7.69. The fourth-order valence-electron chi connectivity index (χ4n) is 3.13. The number of hydrogen-bond acceptors (Lipinski definition) is 2. The lowest BCUT2D eigenvalue weighted by molar-refractivity contribution is -0.186. The third-order valence-electron chi connectivity index (χ3n) is 4.33. The number of rotatable bonds is 4.